The Hall–Kier alpha value is -3.68. The minimum absolute atomic E-state index is 0.191. The molecule has 0 aliphatic carbocycles. The molecule has 8 nitrogen and oxygen atoms in total. The van der Waals surface area contributed by atoms with Gasteiger partial charge in [0, 0.05) is 31.4 Å². The number of amides is 1. The lowest BCUT2D eigenvalue weighted by Gasteiger charge is -2.08. The molecule has 1 amide bonds. The van der Waals surface area contributed by atoms with Crippen LogP contribution in [0.4, 0.5) is 17.5 Å². The Kier molecular flexibility index (Phi) is 5.92. The van der Waals surface area contributed by atoms with Gasteiger partial charge in [-0.15, -0.1) is 0 Å². The largest absolute Gasteiger partial charge is 0.465 e. The minimum atomic E-state index is -0.191. The third kappa shape index (κ3) is 5.45. The first-order valence-corrected chi connectivity index (χ1v) is 8.03. The van der Waals surface area contributed by atoms with Crippen molar-refractivity contribution in [3.05, 3.63) is 67.0 Å². The number of carbonyl (C=O) groups is 1. The number of carbonyl (C=O) groups excluding carboxylic acids is 1. The summed E-state index contributed by atoms with van der Waals surface area (Å²) in [6, 6.07) is 10.9. The molecule has 3 rings (SSSR count). The molecule has 0 spiro atoms. The van der Waals surface area contributed by atoms with Gasteiger partial charge in [-0.1, -0.05) is 6.07 Å². The third-order valence-corrected chi connectivity index (χ3v) is 3.26. The molecule has 3 aromatic rings. The zero-order valence-electron chi connectivity index (χ0n) is 13.9. The lowest BCUT2D eigenvalue weighted by Crippen LogP contribution is -2.27. The highest BCUT2D eigenvalue weighted by atomic mass is 16.3. The number of nitrogens with one attached hydrogen (secondary N) is 3. The highest BCUT2D eigenvalue weighted by Gasteiger charge is 2.00. The van der Waals surface area contributed by atoms with Crippen molar-refractivity contribution in [2.24, 2.45) is 0 Å². The number of nitrogens with zero attached hydrogens (tertiary/aromatic N) is 3. The van der Waals surface area contributed by atoms with E-state index in [0.29, 0.717) is 36.3 Å². The van der Waals surface area contributed by atoms with Crippen LogP contribution in [-0.2, 0) is 4.79 Å². The lowest BCUT2D eigenvalue weighted by molar-refractivity contribution is -0.116. The molecule has 0 saturated carbocycles. The number of hydrogen-bond acceptors (Lipinski definition) is 7. The summed E-state index contributed by atoms with van der Waals surface area (Å²) in [5.41, 5.74) is 0. The summed E-state index contributed by atoms with van der Waals surface area (Å²) in [6.45, 7) is 0.981. The van der Waals surface area contributed by atoms with Crippen molar-refractivity contribution in [2.75, 3.05) is 23.7 Å². The van der Waals surface area contributed by atoms with Crippen LogP contribution in [0.1, 0.15) is 5.76 Å². The van der Waals surface area contributed by atoms with Gasteiger partial charge >= 0.3 is 0 Å². The average molecular weight is 350 g/mol. The van der Waals surface area contributed by atoms with Crippen molar-refractivity contribution in [1.29, 1.82) is 0 Å². The quantitative estimate of drug-likeness (QED) is 0.423. The first-order valence-electron chi connectivity index (χ1n) is 8.03. The van der Waals surface area contributed by atoms with Gasteiger partial charge in [-0.05, 0) is 30.3 Å². The zero-order chi connectivity index (χ0) is 18.0. The summed E-state index contributed by atoms with van der Waals surface area (Å²) in [6.07, 6.45) is 7.76. The number of pyridine rings is 1. The molecule has 0 fully saturated rings. The Morgan fingerprint density at radius 3 is 2.77 bits per heavy atom. The van der Waals surface area contributed by atoms with E-state index in [1.807, 2.05) is 18.2 Å². The highest BCUT2D eigenvalue weighted by molar-refractivity contribution is 5.91. The van der Waals surface area contributed by atoms with Crippen LogP contribution in [0.5, 0.6) is 0 Å². The van der Waals surface area contributed by atoms with Crippen molar-refractivity contribution in [3.8, 4) is 0 Å². The molecule has 0 bridgehead atoms. The van der Waals surface area contributed by atoms with E-state index in [1.165, 1.54) is 12.4 Å². The Labute approximate surface area is 150 Å². The predicted octanol–water partition coefficient (Wildman–Crippen LogP) is 2.45. The SMILES string of the molecule is O=C(/C=C/c1ccco1)NCCNc1cc(Nc2ccccn2)ncn1. The van der Waals surface area contributed by atoms with Gasteiger partial charge in [-0.25, -0.2) is 15.0 Å². The Balaban J connectivity index is 1.42. The molecule has 0 radical (unpaired) electrons. The minimum Gasteiger partial charge on any atom is -0.465 e. The molecule has 0 aliphatic rings. The number of hydrogen-bond donors (Lipinski definition) is 3. The number of rotatable bonds is 8. The summed E-state index contributed by atoms with van der Waals surface area (Å²) in [5, 5.41) is 8.99. The maximum atomic E-state index is 11.7. The monoisotopic (exact) mass is 350 g/mol. The molecule has 132 valence electrons. The van der Waals surface area contributed by atoms with Gasteiger partial charge in [0.05, 0.1) is 6.26 Å². The molecule has 0 saturated heterocycles. The second-order valence-electron chi connectivity index (χ2n) is 5.20. The zero-order valence-corrected chi connectivity index (χ0v) is 13.9. The van der Waals surface area contributed by atoms with Crippen molar-refractivity contribution in [2.45, 2.75) is 0 Å². The third-order valence-electron chi connectivity index (χ3n) is 3.26. The molecule has 0 atom stereocenters. The van der Waals surface area contributed by atoms with Gasteiger partial charge in [0.2, 0.25) is 5.91 Å². The van der Waals surface area contributed by atoms with Crippen LogP contribution in [0.15, 0.2) is 65.7 Å². The van der Waals surface area contributed by atoms with Crippen molar-refractivity contribution < 1.29 is 9.21 Å². The number of aromatic nitrogens is 3. The Bertz CT molecular complexity index is 849. The molecule has 3 N–H and O–H groups in total. The van der Waals surface area contributed by atoms with Crippen LogP contribution in [0.3, 0.4) is 0 Å². The summed E-state index contributed by atoms with van der Waals surface area (Å²) in [4.78, 5) is 24.2. The van der Waals surface area contributed by atoms with Gasteiger partial charge in [0.15, 0.2) is 0 Å². The fourth-order valence-electron chi connectivity index (χ4n) is 2.07. The maximum absolute atomic E-state index is 11.7. The van der Waals surface area contributed by atoms with E-state index in [1.54, 1.807) is 36.7 Å². The van der Waals surface area contributed by atoms with Crippen LogP contribution in [-0.4, -0.2) is 33.9 Å². The van der Waals surface area contributed by atoms with E-state index in [0.717, 1.165) is 0 Å². The van der Waals surface area contributed by atoms with E-state index in [9.17, 15) is 4.79 Å². The average Bonchev–Trinajstić information content (AvgIpc) is 3.18. The van der Waals surface area contributed by atoms with Crippen molar-refractivity contribution >= 4 is 29.4 Å². The smallest absolute Gasteiger partial charge is 0.244 e. The Morgan fingerprint density at radius 1 is 1.04 bits per heavy atom. The van der Waals surface area contributed by atoms with Crippen molar-refractivity contribution in [1.82, 2.24) is 20.3 Å². The molecule has 0 unspecified atom stereocenters. The molecule has 0 aliphatic heterocycles. The molecule has 26 heavy (non-hydrogen) atoms. The molecule has 3 aromatic heterocycles. The van der Waals surface area contributed by atoms with Crippen LogP contribution < -0.4 is 16.0 Å². The van der Waals surface area contributed by atoms with Gasteiger partial charge in [-0.3, -0.25) is 4.79 Å². The summed E-state index contributed by atoms with van der Waals surface area (Å²) in [5.74, 6) is 2.42. The maximum Gasteiger partial charge on any atom is 0.244 e. The summed E-state index contributed by atoms with van der Waals surface area (Å²) >= 11 is 0. The summed E-state index contributed by atoms with van der Waals surface area (Å²) < 4.78 is 5.12. The van der Waals surface area contributed by atoms with Gasteiger partial charge in [0.1, 0.15) is 29.5 Å². The fraction of sp³-hybridized carbons (Fsp3) is 0.111. The van der Waals surface area contributed by atoms with Crippen LogP contribution in [0.25, 0.3) is 6.08 Å². The molecule has 3 heterocycles. The van der Waals surface area contributed by atoms with Crippen LogP contribution in [0.2, 0.25) is 0 Å². The summed E-state index contributed by atoms with van der Waals surface area (Å²) in [7, 11) is 0. The van der Waals surface area contributed by atoms with Gasteiger partial charge < -0.3 is 20.4 Å². The van der Waals surface area contributed by atoms with E-state index in [-0.39, 0.29) is 5.91 Å². The second kappa shape index (κ2) is 8.97. The topological polar surface area (TPSA) is 105 Å². The molecule has 8 heteroatoms. The normalized spacial score (nSPS) is 10.6. The standard InChI is InChI=1S/C18H18N6O2/c25-18(7-6-14-4-3-11-26-14)21-10-9-20-16-12-17(23-13-22-16)24-15-5-1-2-8-19-15/h1-8,11-13H,9-10H2,(H,21,25)(H2,19,20,22,23,24)/b7-6+. The molecular formula is C18H18N6O2. The second-order valence-corrected chi connectivity index (χ2v) is 5.20. The number of furan rings is 1. The van der Waals surface area contributed by atoms with E-state index in [4.69, 9.17) is 4.42 Å². The van der Waals surface area contributed by atoms with E-state index < -0.39 is 0 Å². The number of anilines is 3. The van der Waals surface area contributed by atoms with E-state index in [2.05, 4.69) is 30.9 Å². The Morgan fingerprint density at radius 2 is 1.96 bits per heavy atom. The lowest BCUT2D eigenvalue weighted by atomic mass is 10.4. The van der Waals surface area contributed by atoms with Gasteiger partial charge in [0.25, 0.3) is 0 Å². The first-order chi connectivity index (χ1) is 12.8. The highest BCUT2D eigenvalue weighted by Crippen LogP contribution is 2.13. The van der Waals surface area contributed by atoms with Crippen LogP contribution in [0, 0.1) is 0 Å². The molecule has 0 aromatic carbocycles. The van der Waals surface area contributed by atoms with Crippen LogP contribution >= 0.6 is 0 Å². The van der Waals surface area contributed by atoms with Gasteiger partial charge in [-0.2, -0.15) is 0 Å². The first kappa shape index (κ1) is 17.2. The van der Waals surface area contributed by atoms with E-state index >= 15 is 0 Å². The van der Waals surface area contributed by atoms with Crippen molar-refractivity contribution in [3.63, 3.8) is 0 Å². The predicted molar refractivity (Wildman–Crippen MR) is 98.8 cm³/mol. The fourth-order valence-corrected chi connectivity index (χ4v) is 2.07. The molecular weight excluding hydrogens is 332 g/mol.